The van der Waals surface area contributed by atoms with Crippen molar-refractivity contribution in [3.8, 4) is 11.4 Å². The van der Waals surface area contributed by atoms with E-state index in [0.717, 1.165) is 23.6 Å². The predicted molar refractivity (Wildman–Crippen MR) is 93.6 cm³/mol. The fraction of sp³-hybridized carbons (Fsp3) is 0.300. The molecule has 1 aliphatic carbocycles. The highest BCUT2D eigenvalue weighted by atomic mass is 16.5. The molecule has 1 aromatic heterocycles. The molecule has 0 fully saturated rings. The summed E-state index contributed by atoms with van der Waals surface area (Å²) >= 11 is 0. The molecule has 1 aliphatic rings. The van der Waals surface area contributed by atoms with Crippen LogP contribution >= 0.6 is 0 Å². The first-order valence-electron chi connectivity index (χ1n) is 8.42. The minimum atomic E-state index is 0.434. The van der Waals surface area contributed by atoms with E-state index in [2.05, 4.69) is 60.6 Å². The van der Waals surface area contributed by atoms with Gasteiger partial charge in [0.15, 0.2) is 0 Å². The van der Waals surface area contributed by atoms with E-state index in [9.17, 15) is 0 Å². The number of fused-ring (bicyclic) bond motifs is 1. The van der Waals surface area contributed by atoms with Gasteiger partial charge in [-0.2, -0.15) is 0 Å². The van der Waals surface area contributed by atoms with Gasteiger partial charge in [-0.3, -0.25) is 0 Å². The molecule has 4 nitrogen and oxygen atoms in total. The number of hydrogen-bond acceptors (Lipinski definition) is 3. The number of hydrogen-bond donors (Lipinski definition) is 0. The van der Waals surface area contributed by atoms with E-state index >= 15 is 0 Å². The van der Waals surface area contributed by atoms with Crippen LogP contribution in [0.4, 0.5) is 0 Å². The van der Waals surface area contributed by atoms with Crippen molar-refractivity contribution in [2.75, 3.05) is 0 Å². The van der Waals surface area contributed by atoms with Gasteiger partial charge in [0.2, 0.25) is 0 Å². The minimum absolute atomic E-state index is 0.434. The third-order valence-corrected chi connectivity index (χ3v) is 4.60. The third-order valence-electron chi connectivity index (χ3n) is 4.60. The van der Waals surface area contributed by atoms with Crippen molar-refractivity contribution in [3.05, 3.63) is 70.5 Å². The SMILES string of the molecule is Cc1ccc(-n2cc(COc3ccc4c(c3)CCC4)nn2)c(C)c1. The molecule has 3 aromatic rings. The van der Waals surface area contributed by atoms with Crippen molar-refractivity contribution < 1.29 is 4.74 Å². The highest BCUT2D eigenvalue weighted by Crippen LogP contribution is 2.26. The molecule has 0 amide bonds. The Morgan fingerprint density at radius 3 is 2.79 bits per heavy atom. The van der Waals surface area contributed by atoms with Crippen LogP contribution in [0.1, 0.15) is 34.4 Å². The Morgan fingerprint density at radius 2 is 1.92 bits per heavy atom. The summed E-state index contributed by atoms with van der Waals surface area (Å²) in [5.41, 5.74) is 7.20. The second kappa shape index (κ2) is 6.11. The van der Waals surface area contributed by atoms with Gasteiger partial charge >= 0.3 is 0 Å². The van der Waals surface area contributed by atoms with Gasteiger partial charge in [0.25, 0.3) is 0 Å². The Labute approximate surface area is 142 Å². The number of aryl methyl sites for hydroxylation is 4. The molecule has 0 atom stereocenters. The van der Waals surface area contributed by atoms with E-state index in [4.69, 9.17) is 4.74 Å². The molecule has 0 bridgehead atoms. The third kappa shape index (κ3) is 2.92. The fourth-order valence-corrected chi connectivity index (χ4v) is 3.34. The summed E-state index contributed by atoms with van der Waals surface area (Å²) in [6.45, 7) is 4.61. The molecule has 0 unspecified atom stereocenters. The Bertz CT molecular complexity index is 882. The first kappa shape index (κ1) is 14.9. The number of rotatable bonds is 4. The van der Waals surface area contributed by atoms with Crippen LogP contribution in [0.2, 0.25) is 0 Å². The van der Waals surface area contributed by atoms with Gasteiger partial charge in [0.1, 0.15) is 18.1 Å². The lowest BCUT2D eigenvalue weighted by atomic mass is 10.1. The zero-order chi connectivity index (χ0) is 16.5. The molecular weight excluding hydrogens is 298 g/mol. The highest BCUT2D eigenvalue weighted by molar-refractivity contribution is 5.42. The number of ether oxygens (including phenoxy) is 1. The summed E-state index contributed by atoms with van der Waals surface area (Å²) in [5, 5.41) is 8.47. The van der Waals surface area contributed by atoms with Crippen molar-refractivity contribution in [1.29, 1.82) is 0 Å². The van der Waals surface area contributed by atoms with Gasteiger partial charge < -0.3 is 4.74 Å². The second-order valence-corrected chi connectivity index (χ2v) is 6.52. The smallest absolute Gasteiger partial charge is 0.134 e. The lowest BCUT2D eigenvalue weighted by Crippen LogP contribution is -1.98. The quantitative estimate of drug-likeness (QED) is 0.731. The monoisotopic (exact) mass is 319 g/mol. The Balaban J connectivity index is 1.47. The molecule has 0 radical (unpaired) electrons. The average molecular weight is 319 g/mol. The summed E-state index contributed by atoms with van der Waals surface area (Å²) in [6.07, 6.45) is 5.54. The Kier molecular flexibility index (Phi) is 3.81. The summed E-state index contributed by atoms with van der Waals surface area (Å²) in [4.78, 5) is 0. The maximum atomic E-state index is 5.90. The van der Waals surface area contributed by atoms with Gasteiger partial charge in [0.05, 0.1) is 11.9 Å². The van der Waals surface area contributed by atoms with E-state index in [-0.39, 0.29) is 0 Å². The van der Waals surface area contributed by atoms with Crippen LogP contribution in [-0.4, -0.2) is 15.0 Å². The number of benzene rings is 2. The Hall–Kier alpha value is -2.62. The fourth-order valence-electron chi connectivity index (χ4n) is 3.34. The molecule has 4 heteroatoms. The molecule has 0 N–H and O–H groups in total. The molecule has 0 spiro atoms. The molecule has 0 saturated carbocycles. The standard InChI is InChI=1S/C20H21N3O/c1-14-6-9-20(15(2)10-14)23-12-18(21-22-23)13-24-19-8-7-16-4-3-5-17(16)11-19/h6-12H,3-5,13H2,1-2H3. The van der Waals surface area contributed by atoms with E-state index in [1.165, 1.54) is 35.1 Å². The first-order valence-corrected chi connectivity index (χ1v) is 8.42. The average Bonchev–Trinajstić information content (AvgIpc) is 3.21. The predicted octanol–water partition coefficient (Wildman–Crippen LogP) is 3.95. The van der Waals surface area contributed by atoms with E-state index < -0.39 is 0 Å². The van der Waals surface area contributed by atoms with E-state index in [1.807, 2.05) is 10.9 Å². The molecule has 4 rings (SSSR count). The first-order chi connectivity index (χ1) is 11.7. The van der Waals surface area contributed by atoms with Crippen LogP contribution < -0.4 is 4.74 Å². The van der Waals surface area contributed by atoms with E-state index in [0.29, 0.717) is 6.61 Å². The molecule has 2 aromatic carbocycles. The van der Waals surface area contributed by atoms with E-state index in [1.54, 1.807) is 0 Å². The van der Waals surface area contributed by atoms with Crippen LogP contribution in [0.3, 0.4) is 0 Å². The summed E-state index contributed by atoms with van der Waals surface area (Å²) < 4.78 is 7.72. The minimum Gasteiger partial charge on any atom is -0.487 e. The molecule has 24 heavy (non-hydrogen) atoms. The summed E-state index contributed by atoms with van der Waals surface area (Å²) in [5.74, 6) is 0.914. The van der Waals surface area contributed by atoms with Crippen LogP contribution in [0, 0.1) is 13.8 Å². The van der Waals surface area contributed by atoms with Crippen LogP contribution in [0.15, 0.2) is 42.6 Å². The Morgan fingerprint density at radius 1 is 1.04 bits per heavy atom. The highest BCUT2D eigenvalue weighted by Gasteiger charge is 2.12. The molecule has 122 valence electrons. The van der Waals surface area contributed by atoms with Crippen LogP contribution in [0.25, 0.3) is 5.69 Å². The van der Waals surface area contributed by atoms with Crippen molar-refractivity contribution in [2.45, 2.75) is 39.7 Å². The van der Waals surface area contributed by atoms with Gasteiger partial charge in [0, 0.05) is 0 Å². The second-order valence-electron chi connectivity index (χ2n) is 6.52. The van der Waals surface area contributed by atoms with Crippen LogP contribution in [0.5, 0.6) is 5.75 Å². The maximum Gasteiger partial charge on any atom is 0.134 e. The number of nitrogens with zero attached hydrogens (tertiary/aromatic N) is 3. The largest absolute Gasteiger partial charge is 0.487 e. The van der Waals surface area contributed by atoms with Gasteiger partial charge in [-0.25, -0.2) is 4.68 Å². The lowest BCUT2D eigenvalue weighted by molar-refractivity contribution is 0.301. The van der Waals surface area contributed by atoms with Gasteiger partial charge in [-0.15, -0.1) is 5.10 Å². The van der Waals surface area contributed by atoms with Crippen molar-refractivity contribution in [1.82, 2.24) is 15.0 Å². The van der Waals surface area contributed by atoms with Crippen molar-refractivity contribution in [3.63, 3.8) is 0 Å². The normalized spacial score (nSPS) is 13.1. The molecule has 0 aliphatic heterocycles. The zero-order valence-electron chi connectivity index (χ0n) is 14.1. The molecule has 1 heterocycles. The summed E-state index contributed by atoms with van der Waals surface area (Å²) in [6, 6.07) is 12.7. The topological polar surface area (TPSA) is 39.9 Å². The zero-order valence-corrected chi connectivity index (χ0v) is 14.1. The number of aromatic nitrogens is 3. The van der Waals surface area contributed by atoms with Gasteiger partial charge in [-0.05, 0) is 68.0 Å². The molecule has 0 saturated heterocycles. The van der Waals surface area contributed by atoms with Crippen molar-refractivity contribution >= 4 is 0 Å². The summed E-state index contributed by atoms with van der Waals surface area (Å²) in [7, 11) is 0. The molecular formula is C20H21N3O. The lowest BCUT2D eigenvalue weighted by Gasteiger charge is -2.07. The van der Waals surface area contributed by atoms with Crippen LogP contribution in [-0.2, 0) is 19.4 Å². The van der Waals surface area contributed by atoms with Crippen molar-refractivity contribution in [2.24, 2.45) is 0 Å². The van der Waals surface area contributed by atoms with Gasteiger partial charge in [-0.1, -0.05) is 29.0 Å². The maximum absolute atomic E-state index is 5.90.